The van der Waals surface area contributed by atoms with Gasteiger partial charge in [0, 0.05) is 13.1 Å². The third-order valence-corrected chi connectivity index (χ3v) is 4.64. The van der Waals surface area contributed by atoms with E-state index < -0.39 is 23.7 Å². The van der Waals surface area contributed by atoms with E-state index in [1.165, 1.54) is 0 Å². The number of carbonyl (C=O) groups excluding carboxylic acids is 2. The van der Waals surface area contributed by atoms with Crippen molar-refractivity contribution in [1.29, 1.82) is 0 Å². The highest BCUT2D eigenvalue weighted by atomic mass is 16.6. The lowest BCUT2D eigenvalue weighted by atomic mass is 9.90. The van der Waals surface area contributed by atoms with Gasteiger partial charge in [-0.15, -0.1) is 0 Å². The quantitative estimate of drug-likeness (QED) is 0.750. The smallest absolute Gasteiger partial charge is 0.410 e. The lowest BCUT2D eigenvalue weighted by Gasteiger charge is -2.34. The molecule has 1 unspecified atom stereocenters. The Kier molecular flexibility index (Phi) is 7.87. The van der Waals surface area contributed by atoms with Gasteiger partial charge in [0.05, 0.1) is 0 Å². The SMILES string of the molecule is CC(C)(C)OC(=O)N1CCC(CC(NC(=O)OCc2ccccc2)C(=O)O)CC1. The van der Waals surface area contributed by atoms with Gasteiger partial charge in [-0.25, -0.2) is 14.4 Å². The first-order chi connectivity index (χ1) is 13.6. The van der Waals surface area contributed by atoms with Gasteiger partial charge in [-0.05, 0) is 51.5 Å². The second-order valence-electron chi connectivity index (χ2n) is 8.24. The van der Waals surface area contributed by atoms with Crippen LogP contribution in [-0.4, -0.2) is 52.9 Å². The van der Waals surface area contributed by atoms with Crippen LogP contribution in [0.5, 0.6) is 0 Å². The minimum Gasteiger partial charge on any atom is -0.480 e. The van der Waals surface area contributed by atoms with Crippen molar-refractivity contribution in [2.75, 3.05) is 13.1 Å². The number of nitrogens with one attached hydrogen (secondary N) is 1. The Morgan fingerprint density at radius 3 is 2.34 bits per heavy atom. The van der Waals surface area contributed by atoms with E-state index in [0.717, 1.165) is 5.56 Å². The first-order valence-corrected chi connectivity index (χ1v) is 9.82. The van der Waals surface area contributed by atoms with E-state index >= 15 is 0 Å². The molecule has 2 N–H and O–H groups in total. The lowest BCUT2D eigenvalue weighted by molar-refractivity contribution is -0.140. The number of nitrogens with zero attached hydrogens (tertiary/aromatic N) is 1. The molecule has 8 heteroatoms. The van der Waals surface area contributed by atoms with Gasteiger partial charge >= 0.3 is 18.2 Å². The monoisotopic (exact) mass is 406 g/mol. The molecule has 160 valence electrons. The van der Waals surface area contributed by atoms with Gasteiger partial charge in [0.1, 0.15) is 18.2 Å². The van der Waals surface area contributed by atoms with Crippen molar-refractivity contribution in [3.63, 3.8) is 0 Å². The molecule has 1 heterocycles. The molecule has 0 aromatic heterocycles. The van der Waals surface area contributed by atoms with Gasteiger partial charge in [-0.2, -0.15) is 0 Å². The number of ether oxygens (including phenoxy) is 2. The minimum atomic E-state index is -1.10. The highest BCUT2D eigenvalue weighted by Gasteiger charge is 2.30. The van der Waals surface area contributed by atoms with E-state index in [1.807, 2.05) is 51.1 Å². The molecule has 1 aliphatic rings. The minimum absolute atomic E-state index is 0.0767. The van der Waals surface area contributed by atoms with Crippen LogP contribution in [0.1, 0.15) is 45.6 Å². The Morgan fingerprint density at radius 1 is 1.17 bits per heavy atom. The standard InChI is InChI=1S/C21H30N2O6/c1-21(2,3)29-20(27)23-11-9-15(10-12-23)13-17(18(24)25)22-19(26)28-14-16-7-5-4-6-8-16/h4-8,15,17H,9-14H2,1-3H3,(H,22,26)(H,24,25). The van der Waals surface area contributed by atoms with Crippen molar-refractivity contribution in [2.24, 2.45) is 5.92 Å². The van der Waals surface area contributed by atoms with Crippen LogP contribution in [0.15, 0.2) is 30.3 Å². The fourth-order valence-corrected chi connectivity index (χ4v) is 3.14. The Morgan fingerprint density at radius 2 is 1.79 bits per heavy atom. The largest absolute Gasteiger partial charge is 0.480 e. The third-order valence-electron chi connectivity index (χ3n) is 4.64. The number of benzene rings is 1. The maximum atomic E-state index is 12.1. The molecule has 2 amide bonds. The number of hydrogen-bond acceptors (Lipinski definition) is 5. The van der Waals surface area contributed by atoms with Crippen LogP contribution < -0.4 is 5.32 Å². The maximum Gasteiger partial charge on any atom is 0.410 e. The summed E-state index contributed by atoms with van der Waals surface area (Å²) in [5.41, 5.74) is 0.274. The van der Waals surface area contributed by atoms with Crippen LogP contribution in [-0.2, 0) is 20.9 Å². The number of rotatable bonds is 6. The van der Waals surface area contributed by atoms with Crippen molar-refractivity contribution in [2.45, 2.75) is 58.3 Å². The van der Waals surface area contributed by atoms with Crippen LogP contribution in [0.2, 0.25) is 0 Å². The average Bonchev–Trinajstić information content (AvgIpc) is 2.66. The Bertz CT molecular complexity index is 693. The first-order valence-electron chi connectivity index (χ1n) is 9.82. The van der Waals surface area contributed by atoms with E-state index in [2.05, 4.69) is 5.32 Å². The van der Waals surface area contributed by atoms with Crippen molar-refractivity contribution in [1.82, 2.24) is 10.2 Å². The molecule has 1 saturated heterocycles. The number of carboxylic acid groups (broad SMARTS) is 1. The van der Waals surface area contributed by atoms with E-state index in [9.17, 15) is 19.5 Å². The van der Waals surface area contributed by atoms with E-state index in [4.69, 9.17) is 9.47 Å². The summed E-state index contributed by atoms with van der Waals surface area (Å²) >= 11 is 0. The van der Waals surface area contributed by atoms with E-state index in [-0.39, 0.29) is 25.0 Å². The summed E-state index contributed by atoms with van der Waals surface area (Å²) in [7, 11) is 0. The van der Waals surface area contributed by atoms with Gasteiger partial charge in [0.25, 0.3) is 0 Å². The summed E-state index contributed by atoms with van der Waals surface area (Å²) in [5, 5.41) is 11.9. The Labute approximate surface area is 171 Å². The number of carbonyl (C=O) groups is 3. The number of amides is 2. The van der Waals surface area contributed by atoms with Crippen LogP contribution in [0.3, 0.4) is 0 Å². The first kappa shape index (κ1) is 22.5. The zero-order chi connectivity index (χ0) is 21.4. The molecule has 1 aliphatic heterocycles. The molecule has 2 rings (SSSR count). The molecule has 0 spiro atoms. The topological polar surface area (TPSA) is 105 Å². The number of piperidine rings is 1. The second kappa shape index (κ2) is 10.1. The van der Waals surface area contributed by atoms with E-state index in [1.54, 1.807) is 4.90 Å². The van der Waals surface area contributed by atoms with Gasteiger partial charge in [-0.3, -0.25) is 0 Å². The maximum absolute atomic E-state index is 12.1. The normalized spacial score (nSPS) is 16.0. The van der Waals surface area contributed by atoms with Gasteiger partial charge < -0.3 is 24.8 Å². The van der Waals surface area contributed by atoms with Crippen LogP contribution >= 0.6 is 0 Å². The molecule has 0 radical (unpaired) electrons. The number of carboxylic acids is 1. The zero-order valence-electron chi connectivity index (χ0n) is 17.2. The van der Waals surface area contributed by atoms with Crippen LogP contribution in [0.4, 0.5) is 9.59 Å². The summed E-state index contributed by atoms with van der Waals surface area (Å²) < 4.78 is 10.5. The molecule has 1 aromatic rings. The zero-order valence-corrected chi connectivity index (χ0v) is 17.2. The van der Waals surface area contributed by atoms with Crippen LogP contribution in [0, 0.1) is 5.92 Å². The molecule has 8 nitrogen and oxygen atoms in total. The number of hydrogen-bond donors (Lipinski definition) is 2. The van der Waals surface area contributed by atoms with Crippen molar-refractivity contribution in [3.05, 3.63) is 35.9 Å². The Hall–Kier alpha value is -2.77. The third kappa shape index (κ3) is 8.01. The average molecular weight is 406 g/mol. The summed E-state index contributed by atoms with van der Waals surface area (Å²) in [6.45, 7) is 6.54. The molecule has 0 saturated carbocycles. The molecular formula is C21H30N2O6. The molecule has 0 aliphatic carbocycles. The Balaban J connectivity index is 1.78. The molecular weight excluding hydrogens is 376 g/mol. The van der Waals surface area contributed by atoms with Gasteiger partial charge in [0.2, 0.25) is 0 Å². The highest BCUT2D eigenvalue weighted by Crippen LogP contribution is 2.23. The van der Waals surface area contributed by atoms with Gasteiger partial charge in [-0.1, -0.05) is 30.3 Å². The van der Waals surface area contributed by atoms with Gasteiger partial charge in [0.15, 0.2) is 0 Å². The predicted octanol–water partition coefficient (Wildman–Crippen LogP) is 3.40. The molecule has 29 heavy (non-hydrogen) atoms. The molecule has 0 bridgehead atoms. The fourth-order valence-electron chi connectivity index (χ4n) is 3.14. The van der Waals surface area contributed by atoms with Crippen molar-refractivity contribution < 1.29 is 29.0 Å². The summed E-state index contributed by atoms with van der Waals surface area (Å²) in [4.78, 5) is 37.3. The summed E-state index contributed by atoms with van der Waals surface area (Å²) in [6, 6.07) is 8.14. The number of alkyl carbamates (subject to hydrolysis) is 1. The molecule has 1 aromatic carbocycles. The predicted molar refractivity (Wildman–Crippen MR) is 106 cm³/mol. The summed E-state index contributed by atoms with van der Waals surface area (Å²) in [5.74, 6) is -1.01. The van der Waals surface area contributed by atoms with Crippen molar-refractivity contribution >= 4 is 18.2 Å². The number of aliphatic carboxylic acids is 1. The van der Waals surface area contributed by atoms with Crippen LogP contribution in [0.25, 0.3) is 0 Å². The summed E-state index contributed by atoms with van der Waals surface area (Å²) in [6.07, 6.45) is 0.492. The molecule has 1 atom stereocenters. The molecule has 1 fully saturated rings. The fraction of sp³-hybridized carbons (Fsp3) is 0.571. The second-order valence-corrected chi connectivity index (χ2v) is 8.24. The highest BCUT2D eigenvalue weighted by molar-refractivity contribution is 5.79. The number of likely N-dealkylation sites (tertiary alicyclic amines) is 1. The van der Waals surface area contributed by atoms with E-state index in [0.29, 0.717) is 25.9 Å². The lowest BCUT2D eigenvalue weighted by Crippen LogP contribution is -2.45. The van der Waals surface area contributed by atoms with Crippen molar-refractivity contribution in [3.8, 4) is 0 Å².